The van der Waals surface area contributed by atoms with Gasteiger partial charge in [0.05, 0.1) is 30.5 Å². The Bertz CT molecular complexity index is 1490. The van der Waals surface area contributed by atoms with Crippen LogP contribution in [0.5, 0.6) is 11.5 Å². The smallest absolute Gasteiger partial charge is 0.163 e. The molecule has 0 spiro atoms. The molecule has 34 heavy (non-hydrogen) atoms. The van der Waals surface area contributed by atoms with E-state index in [4.69, 9.17) is 9.47 Å². The molecule has 3 aromatic heterocycles. The summed E-state index contributed by atoms with van der Waals surface area (Å²) in [6.45, 7) is 0.543. The molecule has 5 aromatic rings. The van der Waals surface area contributed by atoms with Gasteiger partial charge < -0.3 is 19.8 Å². The number of aromatic amines is 1. The molecule has 0 saturated carbocycles. The van der Waals surface area contributed by atoms with Crippen molar-refractivity contribution in [3.05, 3.63) is 84.4 Å². The average molecular weight is 450 g/mol. The summed E-state index contributed by atoms with van der Waals surface area (Å²) in [6, 6.07) is 18.0. The van der Waals surface area contributed by atoms with Gasteiger partial charge in [0, 0.05) is 47.4 Å². The number of H-pyrrole nitrogens is 1. The topological polar surface area (TPSA) is 95.8 Å². The number of anilines is 2. The number of pyridine rings is 2. The first kappa shape index (κ1) is 21.3. The largest absolute Gasteiger partial charge is 0.493 e. The minimum atomic E-state index is 0.451. The number of rotatable bonds is 8. The van der Waals surface area contributed by atoms with Crippen LogP contribution >= 0.6 is 0 Å². The van der Waals surface area contributed by atoms with Crippen molar-refractivity contribution in [2.24, 2.45) is 0 Å². The van der Waals surface area contributed by atoms with E-state index in [9.17, 15) is 5.26 Å². The predicted molar refractivity (Wildman–Crippen MR) is 133 cm³/mol. The van der Waals surface area contributed by atoms with Crippen LogP contribution in [0.3, 0.4) is 0 Å². The summed E-state index contributed by atoms with van der Waals surface area (Å²) < 4.78 is 11.7. The van der Waals surface area contributed by atoms with Crippen molar-refractivity contribution in [1.82, 2.24) is 15.0 Å². The molecule has 0 atom stereocenters. The van der Waals surface area contributed by atoms with Crippen LogP contribution in [0.4, 0.5) is 11.4 Å². The van der Waals surface area contributed by atoms with Gasteiger partial charge in [-0.3, -0.25) is 9.97 Å². The first-order valence-corrected chi connectivity index (χ1v) is 11.0. The van der Waals surface area contributed by atoms with Gasteiger partial charge in [0.1, 0.15) is 6.07 Å². The normalized spacial score (nSPS) is 10.8. The number of nitrogens with one attached hydrogen (secondary N) is 2. The molecule has 0 aliphatic carbocycles. The zero-order valence-electron chi connectivity index (χ0n) is 18.7. The molecule has 5 rings (SSSR count). The van der Waals surface area contributed by atoms with Gasteiger partial charge in [-0.05, 0) is 60.2 Å². The third kappa shape index (κ3) is 4.34. The van der Waals surface area contributed by atoms with E-state index in [2.05, 4.69) is 26.3 Å². The van der Waals surface area contributed by atoms with E-state index >= 15 is 0 Å². The van der Waals surface area contributed by atoms with Crippen LogP contribution in [0.15, 0.2) is 73.3 Å². The van der Waals surface area contributed by atoms with E-state index < -0.39 is 0 Å². The van der Waals surface area contributed by atoms with E-state index in [1.165, 1.54) is 5.56 Å². The Labute approximate surface area is 197 Å². The molecule has 0 amide bonds. The van der Waals surface area contributed by atoms with Crippen LogP contribution in [0.2, 0.25) is 0 Å². The molecule has 3 heterocycles. The predicted octanol–water partition coefficient (Wildman–Crippen LogP) is 5.75. The van der Waals surface area contributed by atoms with Crippen molar-refractivity contribution >= 4 is 33.2 Å². The van der Waals surface area contributed by atoms with Crippen LogP contribution in [0.25, 0.3) is 21.8 Å². The molecular weight excluding hydrogens is 426 g/mol. The number of ether oxygens (including phenoxy) is 2. The lowest BCUT2D eigenvalue weighted by molar-refractivity contribution is 0.290. The Kier molecular flexibility index (Phi) is 5.95. The van der Waals surface area contributed by atoms with Crippen molar-refractivity contribution in [3.63, 3.8) is 0 Å². The van der Waals surface area contributed by atoms with E-state index in [1.54, 1.807) is 25.7 Å². The Morgan fingerprint density at radius 2 is 1.94 bits per heavy atom. The standard InChI is InChI=1S/C27H23N5O2/c1-33-25-14-22-24(15-26(25)34-12-2-3-18-6-9-29-10-7-18)31-17-20(16-28)27(22)32-21-5-4-19-8-11-30-23(19)13-21/h4-11,13-15,17,30H,2-3,12H2,1H3,(H,31,32). The highest BCUT2D eigenvalue weighted by molar-refractivity contribution is 5.98. The summed E-state index contributed by atoms with van der Waals surface area (Å²) in [7, 11) is 1.61. The summed E-state index contributed by atoms with van der Waals surface area (Å²) in [5.41, 5.74) is 4.96. The Morgan fingerprint density at radius 3 is 2.76 bits per heavy atom. The maximum atomic E-state index is 9.72. The number of benzene rings is 2. The first-order valence-electron chi connectivity index (χ1n) is 11.0. The molecule has 2 N–H and O–H groups in total. The second kappa shape index (κ2) is 9.51. The molecule has 0 bridgehead atoms. The van der Waals surface area contributed by atoms with Gasteiger partial charge in [0.2, 0.25) is 0 Å². The molecule has 2 aromatic carbocycles. The third-order valence-corrected chi connectivity index (χ3v) is 5.71. The van der Waals surface area contributed by atoms with Gasteiger partial charge >= 0.3 is 0 Å². The van der Waals surface area contributed by atoms with Crippen LogP contribution < -0.4 is 14.8 Å². The SMILES string of the molecule is COc1cc2c(Nc3ccc4cc[nH]c4c3)c(C#N)cnc2cc1OCCCc1ccncc1. The van der Waals surface area contributed by atoms with Crippen LogP contribution in [0, 0.1) is 11.3 Å². The summed E-state index contributed by atoms with van der Waals surface area (Å²) in [5, 5.41) is 15.0. The van der Waals surface area contributed by atoms with E-state index in [1.807, 2.05) is 54.7 Å². The van der Waals surface area contributed by atoms with Gasteiger partial charge in [0.15, 0.2) is 11.5 Å². The Hall–Kier alpha value is -4.57. The molecule has 0 unspecified atom stereocenters. The van der Waals surface area contributed by atoms with Gasteiger partial charge in [-0.1, -0.05) is 6.07 Å². The van der Waals surface area contributed by atoms with Gasteiger partial charge in [-0.15, -0.1) is 0 Å². The van der Waals surface area contributed by atoms with Crippen LogP contribution in [-0.2, 0) is 6.42 Å². The lowest BCUT2D eigenvalue weighted by atomic mass is 10.1. The average Bonchev–Trinajstić information content (AvgIpc) is 3.35. The van der Waals surface area contributed by atoms with E-state index in [-0.39, 0.29) is 0 Å². The highest BCUT2D eigenvalue weighted by Gasteiger charge is 2.15. The summed E-state index contributed by atoms with van der Waals surface area (Å²) in [4.78, 5) is 11.8. The lowest BCUT2D eigenvalue weighted by Crippen LogP contribution is -2.02. The highest BCUT2D eigenvalue weighted by atomic mass is 16.5. The fourth-order valence-corrected chi connectivity index (χ4v) is 3.97. The van der Waals surface area contributed by atoms with Crippen LogP contribution in [-0.4, -0.2) is 28.7 Å². The maximum Gasteiger partial charge on any atom is 0.163 e. The zero-order valence-corrected chi connectivity index (χ0v) is 18.7. The minimum Gasteiger partial charge on any atom is -0.493 e. The lowest BCUT2D eigenvalue weighted by Gasteiger charge is -2.15. The van der Waals surface area contributed by atoms with Gasteiger partial charge in [-0.25, -0.2) is 0 Å². The second-order valence-corrected chi connectivity index (χ2v) is 7.89. The molecule has 0 aliphatic rings. The highest BCUT2D eigenvalue weighted by Crippen LogP contribution is 2.37. The quantitative estimate of drug-likeness (QED) is 0.293. The van der Waals surface area contributed by atoms with Gasteiger partial charge in [0.25, 0.3) is 0 Å². The fraction of sp³-hybridized carbons (Fsp3) is 0.148. The van der Waals surface area contributed by atoms with Gasteiger partial charge in [-0.2, -0.15) is 5.26 Å². The Morgan fingerprint density at radius 1 is 1.06 bits per heavy atom. The molecule has 7 heteroatoms. The van der Waals surface area contributed by atoms with Crippen molar-refractivity contribution in [3.8, 4) is 17.6 Å². The maximum absolute atomic E-state index is 9.72. The molecule has 0 fully saturated rings. The molecule has 168 valence electrons. The van der Waals surface area contributed by atoms with E-state index in [0.717, 1.165) is 34.8 Å². The number of hydrogen-bond acceptors (Lipinski definition) is 6. The summed E-state index contributed by atoms with van der Waals surface area (Å²) in [5.74, 6) is 1.22. The second-order valence-electron chi connectivity index (χ2n) is 7.89. The summed E-state index contributed by atoms with van der Waals surface area (Å²) in [6.07, 6.45) is 8.84. The first-order chi connectivity index (χ1) is 16.7. The molecule has 7 nitrogen and oxygen atoms in total. The number of fused-ring (bicyclic) bond motifs is 2. The zero-order chi connectivity index (χ0) is 23.3. The van der Waals surface area contributed by atoms with Crippen molar-refractivity contribution in [2.45, 2.75) is 12.8 Å². The number of nitriles is 1. The number of nitrogens with zero attached hydrogens (tertiary/aromatic N) is 3. The number of methoxy groups -OCH3 is 1. The number of aryl methyl sites for hydroxylation is 1. The Balaban J connectivity index is 1.42. The minimum absolute atomic E-state index is 0.451. The summed E-state index contributed by atoms with van der Waals surface area (Å²) >= 11 is 0. The third-order valence-electron chi connectivity index (χ3n) is 5.71. The van der Waals surface area contributed by atoms with Crippen molar-refractivity contribution in [2.75, 3.05) is 19.0 Å². The molecule has 0 radical (unpaired) electrons. The van der Waals surface area contributed by atoms with Crippen LogP contribution in [0.1, 0.15) is 17.5 Å². The van der Waals surface area contributed by atoms with E-state index in [0.29, 0.717) is 34.9 Å². The molecule has 0 saturated heterocycles. The molecule has 0 aliphatic heterocycles. The number of aromatic nitrogens is 3. The van der Waals surface area contributed by atoms with Crippen molar-refractivity contribution in [1.29, 1.82) is 5.26 Å². The fourth-order valence-electron chi connectivity index (χ4n) is 3.97. The van der Waals surface area contributed by atoms with Crippen molar-refractivity contribution < 1.29 is 9.47 Å². The number of hydrogen-bond donors (Lipinski definition) is 2. The monoisotopic (exact) mass is 449 g/mol. The molecular formula is C27H23N5O2.